The van der Waals surface area contributed by atoms with E-state index >= 15 is 0 Å². The summed E-state index contributed by atoms with van der Waals surface area (Å²) in [5.74, 6) is 5.71. The largest absolute Gasteiger partial charge is 0.0879 e. The second kappa shape index (κ2) is 16.0. The van der Waals surface area contributed by atoms with Gasteiger partial charge < -0.3 is 0 Å². The van der Waals surface area contributed by atoms with Crippen LogP contribution in [-0.2, 0) is 12.8 Å². The molecule has 0 nitrogen and oxygen atoms in total. The summed E-state index contributed by atoms with van der Waals surface area (Å²) in [5, 5.41) is 0. The van der Waals surface area contributed by atoms with Crippen LogP contribution in [0.4, 0.5) is 0 Å². The van der Waals surface area contributed by atoms with Gasteiger partial charge in [0.25, 0.3) is 0 Å². The Balaban J connectivity index is 1.09. The van der Waals surface area contributed by atoms with Crippen LogP contribution in [0.5, 0.6) is 0 Å². The second-order valence-corrected chi connectivity index (χ2v) is 13.1. The van der Waals surface area contributed by atoms with Gasteiger partial charge in [0, 0.05) is 0 Å². The second-order valence-electron chi connectivity index (χ2n) is 13.1. The van der Waals surface area contributed by atoms with E-state index in [1.54, 1.807) is 0 Å². The summed E-state index contributed by atoms with van der Waals surface area (Å²) in [4.78, 5) is 0. The zero-order valence-corrected chi connectivity index (χ0v) is 24.5. The van der Waals surface area contributed by atoms with Crippen molar-refractivity contribution >= 4 is 0 Å². The van der Waals surface area contributed by atoms with E-state index in [4.69, 9.17) is 0 Å². The molecule has 0 amide bonds. The molecule has 0 N–H and O–H groups in total. The maximum atomic E-state index is 2.65. The van der Waals surface area contributed by atoms with Crippen molar-refractivity contribution in [1.82, 2.24) is 0 Å². The molecule has 4 rings (SSSR count). The maximum Gasteiger partial charge on any atom is -0.0205 e. The van der Waals surface area contributed by atoms with Crippen LogP contribution in [0, 0.1) is 35.5 Å². The highest BCUT2D eigenvalue weighted by atomic mass is 14.4. The van der Waals surface area contributed by atoms with Crippen LogP contribution in [0.3, 0.4) is 0 Å². The molecule has 2 fully saturated rings. The minimum absolute atomic E-state index is 0.849. The highest BCUT2D eigenvalue weighted by Gasteiger charge is 2.33. The molecule has 1 aromatic rings. The summed E-state index contributed by atoms with van der Waals surface area (Å²) < 4.78 is 0. The fourth-order valence-electron chi connectivity index (χ4n) is 7.84. The Morgan fingerprint density at radius 2 is 1.24 bits per heavy atom. The molecule has 0 saturated heterocycles. The smallest absolute Gasteiger partial charge is 0.0205 e. The fraction of sp³-hybridized carbons (Fsp3) is 0.730. The van der Waals surface area contributed by atoms with Gasteiger partial charge in [-0.1, -0.05) is 88.1 Å². The van der Waals surface area contributed by atoms with E-state index in [1.807, 2.05) is 0 Å². The molecule has 0 heteroatoms. The minimum atomic E-state index is 0.849. The van der Waals surface area contributed by atoms with Crippen molar-refractivity contribution in [1.29, 1.82) is 0 Å². The van der Waals surface area contributed by atoms with Gasteiger partial charge in [0.1, 0.15) is 0 Å². The van der Waals surface area contributed by atoms with E-state index in [9.17, 15) is 0 Å². The summed E-state index contributed by atoms with van der Waals surface area (Å²) in [6.45, 7) is 4.61. The third-order valence-corrected chi connectivity index (χ3v) is 10.4. The Hall–Kier alpha value is -1.30. The summed E-state index contributed by atoms with van der Waals surface area (Å²) >= 11 is 0. The van der Waals surface area contributed by atoms with E-state index < -0.39 is 0 Å². The number of aryl methyl sites for hydroxylation is 2. The van der Waals surface area contributed by atoms with Crippen molar-refractivity contribution in [2.75, 3.05) is 0 Å². The lowest BCUT2D eigenvalue weighted by Gasteiger charge is -2.40. The molecule has 0 aromatic heterocycles. The standard InChI is InChI=1S/C37H58/c1-3-5-7-11-31-14-16-32(17-15-31)12-8-9-13-33-20-24-35(25-21-33)37-28-26-36(27-29-37)34-22-18-30(19-23-34)10-6-4-2/h9,13-18,22,30,33-37H,3-8,10-12,19-21,23-29H2,1-2H3. The van der Waals surface area contributed by atoms with Gasteiger partial charge in [0.2, 0.25) is 0 Å². The Kier molecular flexibility index (Phi) is 12.4. The SMILES string of the molecule is CCCCCc1ccc(CCC=CC2CCC(C3CCC(C4C=CC(CCCC)CC4)CC3)CC2)cc1. The Bertz CT molecular complexity index is 782. The highest BCUT2D eigenvalue weighted by Crippen LogP contribution is 2.45. The average Bonchev–Trinajstić information content (AvgIpc) is 2.96. The quantitative estimate of drug-likeness (QED) is 0.186. The van der Waals surface area contributed by atoms with Crippen molar-refractivity contribution in [2.24, 2.45) is 35.5 Å². The normalized spacial score (nSPS) is 30.6. The molecule has 0 bridgehead atoms. The third-order valence-electron chi connectivity index (χ3n) is 10.4. The van der Waals surface area contributed by atoms with Crippen LogP contribution < -0.4 is 0 Å². The van der Waals surface area contributed by atoms with E-state index in [2.05, 4.69) is 62.4 Å². The topological polar surface area (TPSA) is 0 Å². The lowest BCUT2D eigenvalue weighted by molar-refractivity contribution is 0.136. The molecule has 3 aliphatic carbocycles. The van der Waals surface area contributed by atoms with Crippen LogP contribution in [0.15, 0.2) is 48.6 Å². The summed E-state index contributed by atoms with van der Waals surface area (Å²) in [6, 6.07) is 9.45. The lowest BCUT2D eigenvalue weighted by atomic mass is 9.66. The molecule has 2 atom stereocenters. The highest BCUT2D eigenvalue weighted by molar-refractivity contribution is 5.23. The van der Waals surface area contributed by atoms with Crippen LogP contribution in [0.1, 0.15) is 134 Å². The van der Waals surface area contributed by atoms with Crippen LogP contribution in [0.25, 0.3) is 0 Å². The van der Waals surface area contributed by atoms with Crippen LogP contribution in [-0.4, -0.2) is 0 Å². The average molecular weight is 503 g/mol. The van der Waals surface area contributed by atoms with E-state index in [0.717, 1.165) is 35.5 Å². The molecule has 0 heterocycles. The number of hydrogen-bond donors (Lipinski definition) is 0. The number of unbranched alkanes of at least 4 members (excludes halogenated alkanes) is 3. The van der Waals surface area contributed by atoms with E-state index in [1.165, 1.54) is 133 Å². The van der Waals surface area contributed by atoms with Gasteiger partial charge in [-0.15, -0.1) is 0 Å². The molecular weight excluding hydrogens is 444 g/mol. The van der Waals surface area contributed by atoms with Crippen LogP contribution in [0.2, 0.25) is 0 Å². The fourth-order valence-corrected chi connectivity index (χ4v) is 7.84. The van der Waals surface area contributed by atoms with Gasteiger partial charge in [-0.3, -0.25) is 0 Å². The van der Waals surface area contributed by atoms with Crippen molar-refractivity contribution in [3.63, 3.8) is 0 Å². The minimum Gasteiger partial charge on any atom is -0.0879 e. The summed E-state index contributed by atoms with van der Waals surface area (Å²) in [7, 11) is 0. The molecule has 0 aliphatic heterocycles. The number of allylic oxidation sites excluding steroid dienone is 4. The molecule has 0 radical (unpaired) electrons. The molecule has 2 unspecified atom stereocenters. The summed E-state index contributed by atoms with van der Waals surface area (Å²) in [5.41, 5.74) is 3.02. The van der Waals surface area contributed by atoms with Crippen LogP contribution >= 0.6 is 0 Å². The Morgan fingerprint density at radius 3 is 1.86 bits per heavy atom. The maximum absolute atomic E-state index is 2.65. The zero-order chi connectivity index (χ0) is 25.7. The first-order valence-corrected chi connectivity index (χ1v) is 16.7. The first-order chi connectivity index (χ1) is 18.2. The lowest BCUT2D eigenvalue weighted by Crippen LogP contribution is -2.28. The van der Waals surface area contributed by atoms with Crippen molar-refractivity contribution in [3.05, 3.63) is 59.7 Å². The van der Waals surface area contributed by atoms with E-state index in [-0.39, 0.29) is 0 Å². The van der Waals surface area contributed by atoms with Gasteiger partial charge in [-0.05, 0) is 143 Å². The molecule has 1 aromatic carbocycles. The molecule has 206 valence electrons. The van der Waals surface area contributed by atoms with Gasteiger partial charge >= 0.3 is 0 Å². The zero-order valence-electron chi connectivity index (χ0n) is 24.5. The predicted molar refractivity (Wildman–Crippen MR) is 163 cm³/mol. The van der Waals surface area contributed by atoms with Crippen molar-refractivity contribution in [3.8, 4) is 0 Å². The van der Waals surface area contributed by atoms with Crippen molar-refractivity contribution < 1.29 is 0 Å². The molecule has 37 heavy (non-hydrogen) atoms. The third kappa shape index (κ3) is 9.44. The molecule has 0 spiro atoms. The predicted octanol–water partition coefficient (Wildman–Crippen LogP) is 11.3. The number of rotatable bonds is 13. The van der Waals surface area contributed by atoms with Crippen molar-refractivity contribution in [2.45, 2.75) is 136 Å². The first-order valence-electron chi connectivity index (χ1n) is 16.7. The number of hydrogen-bond acceptors (Lipinski definition) is 0. The van der Waals surface area contributed by atoms with Gasteiger partial charge in [0.05, 0.1) is 0 Å². The summed E-state index contributed by atoms with van der Waals surface area (Å²) in [6.07, 6.45) is 37.0. The number of benzene rings is 1. The molecular formula is C37H58. The van der Waals surface area contributed by atoms with Gasteiger partial charge in [-0.25, -0.2) is 0 Å². The Morgan fingerprint density at radius 1 is 0.622 bits per heavy atom. The van der Waals surface area contributed by atoms with Gasteiger partial charge in [0.15, 0.2) is 0 Å². The van der Waals surface area contributed by atoms with Gasteiger partial charge in [-0.2, -0.15) is 0 Å². The molecule has 2 saturated carbocycles. The first kappa shape index (κ1) is 28.7. The van der Waals surface area contributed by atoms with E-state index in [0.29, 0.717) is 0 Å². The Labute approximate surface area is 230 Å². The molecule has 3 aliphatic rings. The monoisotopic (exact) mass is 502 g/mol.